The number of benzene rings is 2. The van der Waals surface area contributed by atoms with Gasteiger partial charge in [-0.05, 0) is 65.2 Å². The molecule has 3 saturated carbocycles. The fraction of sp³-hybridized carbons (Fsp3) is 0.235. The monoisotopic (exact) mass is 659 g/mol. The molecule has 2 bridgehead atoms. The zero-order valence-corrected chi connectivity index (χ0v) is 23.2. The van der Waals surface area contributed by atoms with Crippen LogP contribution in [0.3, 0.4) is 0 Å². The summed E-state index contributed by atoms with van der Waals surface area (Å²) in [5, 5.41) is 0. The summed E-state index contributed by atoms with van der Waals surface area (Å²) in [5.41, 5.74) is 6.75. The average Bonchev–Trinajstić information content (AvgIpc) is 2.99. The molecule has 187 valence electrons. The van der Waals surface area contributed by atoms with Crippen LogP contribution in [0.5, 0.6) is 0 Å². The van der Waals surface area contributed by atoms with Gasteiger partial charge in [0.25, 0.3) is 0 Å². The van der Waals surface area contributed by atoms with Crippen LogP contribution in [0.25, 0.3) is 28.0 Å². The van der Waals surface area contributed by atoms with E-state index in [0.717, 1.165) is 40.6 Å². The summed E-state index contributed by atoms with van der Waals surface area (Å²) in [4.78, 5) is 8.86. The first-order valence-electron chi connectivity index (χ1n) is 13.1. The Kier molecular flexibility index (Phi) is 8.24. The summed E-state index contributed by atoms with van der Waals surface area (Å²) in [6, 6.07) is 31.7. The maximum Gasteiger partial charge on any atom is 0.0160 e. The Balaban J connectivity index is 0.000000183. The van der Waals surface area contributed by atoms with E-state index in [1.54, 1.807) is 6.20 Å². The van der Waals surface area contributed by atoms with Crippen LogP contribution in [0.1, 0.15) is 31.4 Å². The largest absolute Gasteiger partial charge is 0.321 e. The van der Waals surface area contributed by atoms with E-state index in [-0.39, 0.29) is 20.1 Å². The van der Waals surface area contributed by atoms with Crippen molar-refractivity contribution in [3.63, 3.8) is 0 Å². The summed E-state index contributed by atoms with van der Waals surface area (Å²) < 4.78 is 0. The Bertz CT molecular complexity index is 1300. The second kappa shape index (κ2) is 11.9. The summed E-state index contributed by atoms with van der Waals surface area (Å²) >= 11 is 0. The number of allylic oxidation sites excluding steroid dienone is 4. The Morgan fingerprint density at radius 2 is 1.38 bits per heavy atom. The number of pyridine rings is 2. The fourth-order valence-corrected chi connectivity index (χ4v) is 6.09. The molecule has 4 aliphatic rings. The maximum absolute atomic E-state index is 4.64. The van der Waals surface area contributed by atoms with E-state index in [2.05, 4.69) is 76.7 Å². The van der Waals surface area contributed by atoms with E-state index < -0.39 is 0 Å². The van der Waals surface area contributed by atoms with Crippen LogP contribution < -0.4 is 0 Å². The van der Waals surface area contributed by atoms with Crippen LogP contribution in [-0.2, 0) is 20.1 Å². The molecular formula is C34H30IrN2-2. The molecule has 1 radical (unpaired) electrons. The Labute approximate surface area is 234 Å². The number of hydrogen-bond donors (Lipinski definition) is 0. The number of nitrogens with zero attached hydrogens (tertiary/aromatic N) is 2. The molecule has 2 unspecified atom stereocenters. The number of fused-ring (bicyclic) bond motifs is 2. The van der Waals surface area contributed by atoms with Crippen molar-refractivity contribution in [1.82, 2.24) is 9.97 Å². The van der Waals surface area contributed by atoms with Gasteiger partial charge < -0.3 is 9.97 Å². The molecule has 3 heteroatoms. The SMILES string of the molecule is [C-]1=CC2C3CCC(CC3)C2C=C1c1cc(-c2ccccc2)ccn1.[Ir].[c-]1ccccc1-c1ccccn1. The fourth-order valence-electron chi connectivity index (χ4n) is 6.09. The van der Waals surface area contributed by atoms with Crippen molar-refractivity contribution in [2.24, 2.45) is 23.7 Å². The van der Waals surface area contributed by atoms with Crippen molar-refractivity contribution in [2.45, 2.75) is 25.7 Å². The Hall–Kier alpha value is -3.13. The summed E-state index contributed by atoms with van der Waals surface area (Å²) in [5.74, 6) is 3.23. The third-order valence-corrected chi connectivity index (χ3v) is 7.93. The first-order valence-corrected chi connectivity index (χ1v) is 13.1. The van der Waals surface area contributed by atoms with E-state index in [0.29, 0.717) is 0 Å². The van der Waals surface area contributed by atoms with E-state index in [9.17, 15) is 0 Å². The average molecular weight is 659 g/mol. The molecule has 4 aromatic rings. The summed E-state index contributed by atoms with van der Waals surface area (Å²) in [6.07, 6.45) is 17.8. The number of rotatable bonds is 3. The van der Waals surface area contributed by atoms with Crippen LogP contribution in [0, 0.1) is 35.8 Å². The third-order valence-electron chi connectivity index (χ3n) is 7.93. The topological polar surface area (TPSA) is 25.8 Å². The molecule has 0 spiro atoms. The smallest absolute Gasteiger partial charge is 0.0160 e. The van der Waals surface area contributed by atoms with Crippen molar-refractivity contribution >= 4 is 5.57 Å². The second-order valence-corrected chi connectivity index (χ2v) is 10.0. The molecule has 2 heterocycles. The van der Waals surface area contributed by atoms with Gasteiger partial charge in [0, 0.05) is 32.5 Å². The zero-order valence-electron chi connectivity index (χ0n) is 20.8. The quantitative estimate of drug-likeness (QED) is 0.208. The minimum atomic E-state index is 0. The minimum Gasteiger partial charge on any atom is -0.321 e. The van der Waals surface area contributed by atoms with Crippen LogP contribution in [-0.4, -0.2) is 9.97 Å². The molecular weight excluding hydrogens is 629 g/mol. The molecule has 2 aromatic carbocycles. The van der Waals surface area contributed by atoms with Crippen molar-refractivity contribution < 1.29 is 20.1 Å². The van der Waals surface area contributed by atoms with Crippen LogP contribution >= 0.6 is 0 Å². The van der Waals surface area contributed by atoms with Gasteiger partial charge >= 0.3 is 0 Å². The Morgan fingerprint density at radius 3 is 2.11 bits per heavy atom. The standard InChI is InChI=1S/C23H22N.C11H8N.Ir/c1-2-4-16(5-3-1)19-12-13-24-23(15-19)20-10-11-21-17-6-8-18(9-7-17)22(21)14-20;1-2-6-10(7-3-1)11-8-4-5-9-12-11;/h1-5,11-15,17-18,21-22H,6-9H2;1-6,8-9H;/q2*-1;. The predicted octanol–water partition coefficient (Wildman–Crippen LogP) is 8.10. The molecule has 4 aliphatic carbocycles. The molecule has 2 atom stereocenters. The molecule has 2 nitrogen and oxygen atoms in total. The molecule has 0 N–H and O–H groups in total. The van der Waals surface area contributed by atoms with E-state index in [4.69, 9.17) is 0 Å². The van der Waals surface area contributed by atoms with Crippen molar-refractivity contribution in [3.8, 4) is 22.4 Å². The minimum absolute atomic E-state index is 0. The van der Waals surface area contributed by atoms with Gasteiger partial charge in [0.2, 0.25) is 0 Å². The maximum atomic E-state index is 4.64. The molecule has 3 fully saturated rings. The first kappa shape index (κ1) is 25.5. The third kappa shape index (κ3) is 5.74. The van der Waals surface area contributed by atoms with Gasteiger partial charge in [-0.1, -0.05) is 67.3 Å². The van der Waals surface area contributed by atoms with E-state index >= 15 is 0 Å². The predicted molar refractivity (Wildman–Crippen MR) is 146 cm³/mol. The van der Waals surface area contributed by atoms with Gasteiger partial charge in [-0.2, -0.15) is 17.7 Å². The Morgan fingerprint density at radius 1 is 0.649 bits per heavy atom. The molecule has 37 heavy (non-hydrogen) atoms. The van der Waals surface area contributed by atoms with Crippen LogP contribution in [0.4, 0.5) is 0 Å². The van der Waals surface area contributed by atoms with Crippen LogP contribution in [0.2, 0.25) is 0 Å². The number of aromatic nitrogens is 2. The van der Waals surface area contributed by atoms with Gasteiger partial charge in [0.05, 0.1) is 0 Å². The van der Waals surface area contributed by atoms with Gasteiger partial charge in [-0.15, -0.1) is 42.0 Å². The van der Waals surface area contributed by atoms with Gasteiger partial charge in [-0.25, -0.2) is 0 Å². The number of hydrogen-bond acceptors (Lipinski definition) is 2. The normalized spacial score (nSPS) is 23.1. The van der Waals surface area contributed by atoms with Gasteiger partial charge in [0.15, 0.2) is 0 Å². The molecule has 0 saturated heterocycles. The molecule has 0 amide bonds. The van der Waals surface area contributed by atoms with E-state index in [1.807, 2.05) is 48.7 Å². The molecule has 8 rings (SSSR count). The van der Waals surface area contributed by atoms with Crippen molar-refractivity contribution in [2.75, 3.05) is 0 Å². The summed E-state index contributed by atoms with van der Waals surface area (Å²) in [7, 11) is 0. The van der Waals surface area contributed by atoms with Crippen molar-refractivity contribution in [1.29, 1.82) is 0 Å². The van der Waals surface area contributed by atoms with Gasteiger partial charge in [-0.3, -0.25) is 0 Å². The van der Waals surface area contributed by atoms with Gasteiger partial charge in [0.1, 0.15) is 0 Å². The van der Waals surface area contributed by atoms with Crippen molar-refractivity contribution in [3.05, 3.63) is 127 Å². The van der Waals surface area contributed by atoms with E-state index in [1.165, 1.54) is 42.4 Å². The summed E-state index contributed by atoms with van der Waals surface area (Å²) in [6.45, 7) is 0. The molecule has 2 aromatic heterocycles. The van der Waals surface area contributed by atoms with Crippen LogP contribution in [0.15, 0.2) is 109 Å². The second-order valence-electron chi connectivity index (χ2n) is 10.0. The molecule has 0 aliphatic heterocycles. The first-order chi connectivity index (χ1) is 17.8. The zero-order chi connectivity index (χ0) is 24.2.